The van der Waals surface area contributed by atoms with Gasteiger partial charge in [-0.25, -0.2) is 4.98 Å². The molecule has 216 valence electrons. The Balaban J connectivity index is 1.53. The number of anilines is 2. The number of nitrogens with one attached hydrogen (secondary N) is 2. The minimum atomic E-state index is -4.54. The van der Waals surface area contributed by atoms with Crippen LogP contribution in [-0.4, -0.2) is 29.5 Å². The SMILES string of the molecule is CCCc1c(N)c(-c2ccc(NC(=O)c3cc(Cl)ccc3Cl)nc2)cc2c1C(C(=O)NCC(F)(F)F)c1ccccc1-2. The van der Waals surface area contributed by atoms with Crippen LogP contribution in [0.5, 0.6) is 0 Å². The number of halogens is 5. The van der Waals surface area contributed by atoms with Gasteiger partial charge in [-0.2, -0.15) is 13.2 Å². The molecule has 0 saturated heterocycles. The highest BCUT2D eigenvalue weighted by atomic mass is 35.5. The Morgan fingerprint density at radius 3 is 2.45 bits per heavy atom. The Hall–Kier alpha value is -4.08. The molecule has 4 aromatic rings. The van der Waals surface area contributed by atoms with Gasteiger partial charge in [0, 0.05) is 28.0 Å². The first-order valence-corrected chi connectivity index (χ1v) is 13.9. The molecule has 5 rings (SSSR count). The van der Waals surface area contributed by atoms with E-state index in [4.69, 9.17) is 28.9 Å². The van der Waals surface area contributed by atoms with Gasteiger partial charge in [-0.1, -0.05) is 60.8 Å². The van der Waals surface area contributed by atoms with Gasteiger partial charge in [0.15, 0.2) is 0 Å². The van der Waals surface area contributed by atoms with E-state index in [9.17, 15) is 22.8 Å². The number of hydrogen-bond donors (Lipinski definition) is 3. The summed E-state index contributed by atoms with van der Waals surface area (Å²) in [4.78, 5) is 30.3. The number of pyridine rings is 1. The van der Waals surface area contributed by atoms with Crippen molar-refractivity contribution in [3.8, 4) is 22.3 Å². The van der Waals surface area contributed by atoms with Crippen molar-refractivity contribution in [3.05, 3.63) is 99.2 Å². The van der Waals surface area contributed by atoms with Gasteiger partial charge in [-0.05, 0) is 70.6 Å². The molecule has 1 atom stereocenters. The lowest BCUT2D eigenvalue weighted by Crippen LogP contribution is -2.37. The van der Waals surface area contributed by atoms with E-state index in [1.807, 2.05) is 25.1 Å². The summed E-state index contributed by atoms with van der Waals surface area (Å²) in [5.74, 6) is -1.86. The van der Waals surface area contributed by atoms with Crippen LogP contribution in [-0.2, 0) is 11.2 Å². The second-order valence-corrected chi connectivity index (χ2v) is 10.7. The molecule has 6 nitrogen and oxygen atoms in total. The minimum absolute atomic E-state index is 0.203. The summed E-state index contributed by atoms with van der Waals surface area (Å²) < 4.78 is 38.8. The molecule has 0 saturated carbocycles. The number of fused-ring (bicyclic) bond motifs is 3. The molecule has 3 aromatic carbocycles. The molecule has 1 heterocycles. The third-order valence-electron chi connectivity index (χ3n) is 7.08. The summed E-state index contributed by atoms with van der Waals surface area (Å²) in [5, 5.41) is 5.36. The molecule has 1 aliphatic rings. The average Bonchev–Trinajstić information content (AvgIpc) is 3.28. The van der Waals surface area contributed by atoms with Crippen molar-refractivity contribution >= 4 is 46.5 Å². The van der Waals surface area contributed by atoms with Crippen LogP contribution in [0.25, 0.3) is 22.3 Å². The van der Waals surface area contributed by atoms with Crippen molar-refractivity contribution in [2.75, 3.05) is 17.6 Å². The summed E-state index contributed by atoms with van der Waals surface area (Å²) in [5.41, 5.74) is 12.1. The molecule has 42 heavy (non-hydrogen) atoms. The van der Waals surface area contributed by atoms with E-state index in [-0.39, 0.29) is 16.4 Å². The van der Waals surface area contributed by atoms with Crippen LogP contribution in [0.2, 0.25) is 10.0 Å². The van der Waals surface area contributed by atoms with Crippen LogP contribution in [0, 0.1) is 0 Å². The number of nitrogens with two attached hydrogens (primary N) is 1. The second kappa shape index (κ2) is 11.7. The van der Waals surface area contributed by atoms with Crippen LogP contribution in [0.15, 0.2) is 66.9 Å². The first-order chi connectivity index (χ1) is 20.0. The van der Waals surface area contributed by atoms with Crippen LogP contribution < -0.4 is 16.4 Å². The molecule has 4 N–H and O–H groups in total. The maximum atomic E-state index is 13.2. The van der Waals surface area contributed by atoms with E-state index in [2.05, 4.69) is 15.6 Å². The van der Waals surface area contributed by atoms with Gasteiger partial charge in [0.2, 0.25) is 5.91 Å². The summed E-state index contributed by atoms with van der Waals surface area (Å²) in [6, 6.07) is 17.0. The Labute approximate surface area is 250 Å². The first-order valence-electron chi connectivity index (χ1n) is 13.1. The summed E-state index contributed by atoms with van der Waals surface area (Å²) in [7, 11) is 0. The average molecular weight is 613 g/mol. The third-order valence-corrected chi connectivity index (χ3v) is 7.65. The molecule has 11 heteroatoms. The second-order valence-electron chi connectivity index (χ2n) is 9.89. The van der Waals surface area contributed by atoms with Crippen LogP contribution >= 0.6 is 23.2 Å². The fourth-order valence-electron chi connectivity index (χ4n) is 5.27. The van der Waals surface area contributed by atoms with E-state index < -0.39 is 30.5 Å². The van der Waals surface area contributed by atoms with E-state index in [1.165, 1.54) is 12.1 Å². The molecule has 0 spiro atoms. The molecule has 0 bridgehead atoms. The van der Waals surface area contributed by atoms with Gasteiger partial charge < -0.3 is 16.4 Å². The van der Waals surface area contributed by atoms with Gasteiger partial charge in [0.1, 0.15) is 12.4 Å². The monoisotopic (exact) mass is 612 g/mol. The Kier molecular flexibility index (Phi) is 8.17. The minimum Gasteiger partial charge on any atom is -0.398 e. The molecule has 2 amide bonds. The molecule has 0 fully saturated rings. The van der Waals surface area contributed by atoms with Crippen LogP contribution in [0.3, 0.4) is 0 Å². The van der Waals surface area contributed by atoms with E-state index in [1.54, 1.807) is 36.5 Å². The standard InChI is InChI=1S/C31H25Cl2F3N4O2/c1-2-5-20-26-22(18-6-3-4-7-19(18)27(26)30(42)39-15-31(34,35)36)13-21(28(20)37)16-8-11-25(38-14-16)40-29(41)23-12-17(32)9-10-24(23)33/h3-4,6-14,27H,2,5,15,37H2,1H3,(H,39,42)(H,38,40,41). The van der Waals surface area contributed by atoms with Crippen molar-refractivity contribution in [1.29, 1.82) is 0 Å². The van der Waals surface area contributed by atoms with Crippen molar-refractivity contribution in [2.45, 2.75) is 31.9 Å². The van der Waals surface area contributed by atoms with Crippen LogP contribution in [0.4, 0.5) is 24.7 Å². The predicted octanol–water partition coefficient (Wildman–Crippen LogP) is 7.63. The number of alkyl halides is 3. The number of rotatable bonds is 7. The Bertz CT molecular complexity index is 1690. The normalized spacial score (nSPS) is 13.8. The number of amides is 2. The van der Waals surface area contributed by atoms with Crippen molar-refractivity contribution < 1.29 is 22.8 Å². The number of benzene rings is 3. The highest BCUT2D eigenvalue weighted by Crippen LogP contribution is 2.50. The number of nitrogen functional groups attached to an aromatic ring is 1. The largest absolute Gasteiger partial charge is 0.405 e. The highest BCUT2D eigenvalue weighted by molar-refractivity contribution is 6.36. The zero-order chi connectivity index (χ0) is 30.2. The van der Waals surface area contributed by atoms with E-state index in [0.29, 0.717) is 51.4 Å². The zero-order valence-electron chi connectivity index (χ0n) is 22.3. The van der Waals surface area contributed by atoms with Gasteiger partial charge in [-0.3, -0.25) is 9.59 Å². The maximum absolute atomic E-state index is 13.2. The van der Waals surface area contributed by atoms with Crippen molar-refractivity contribution in [2.24, 2.45) is 0 Å². The maximum Gasteiger partial charge on any atom is 0.405 e. The number of nitrogens with zero attached hydrogens (tertiary/aromatic N) is 1. The molecular weight excluding hydrogens is 588 g/mol. The Morgan fingerprint density at radius 1 is 1.00 bits per heavy atom. The number of carbonyl (C=O) groups excluding carboxylic acids is 2. The van der Waals surface area contributed by atoms with E-state index >= 15 is 0 Å². The van der Waals surface area contributed by atoms with Gasteiger partial charge in [0.05, 0.1) is 16.5 Å². The predicted molar refractivity (Wildman–Crippen MR) is 159 cm³/mol. The van der Waals surface area contributed by atoms with Crippen LogP contribution in [0.1, 0.15) is 46.3 Å². The zero-order valence-corrected chi connectivity index (χ0v) is 23.8. The fourth-order valence-corrected chi connectivity index (χ4v) is 5.65. The molecule has 1 unspecified atom stereocenters. The molecule has 1 aromatic heterocycles. The van der Waals surface area contributed by atoms with Crippen molar-refractivity contribution in [1.82, 2.24) is 10.3 Å². The summed E-state index contributed by atoms with van der Waals surface area (Å²) in [6.45, 7) is 0.541. The third kappa shape index (κ3) is 5.80. The van der Waals surface area contributed by atoms with E-state index in [0.717, 1.165) is 11.1 Å². The number of carbonyl (C=O) groups is 2. The molecule has 0 radical (unpaired) electrons. The highest BCUT2D eigenvalue weighted by Gasteiger charge is 2.38. The lowest BCUT2D eigenvalue weighted by molar-refractivity contribution is -0.138. The quantitative estimate of drug-likeness (QED) is 0.187. The first kappa shape index (κ1) is 29.4. The van der Waals surface area contributed by atoms with Gasteiger partial charge >= 0.3 is 6.18 Å². The lowest BCUT2D eigenvalue weighted by atomic mass is 9.86. The Morgan fingerprint density at radius 2 is 1.76 bits per heavy atom. The van der Waals surface area contributed by atoms with Crippen molar-refractivity contribution in [3.63, 3.8) is 0 Å². The summed E-state index contributed by atoms with van der Waals surface area (Å²) in [6.07, 6.45) is -1.76. The van der Waals surface area contributed by atoms with Gasteiger partial charge in [-0.15, -0.1) is 0 Å². The number of aromatic nitrogens is 1. The molecular formula is C31H25Cl2F3N4O2. The van der Waals surface area contributed by atoms with Gasteiger partial charge in [0.25, 0.3) is 5.91 Å². The molecule has 1 aliphatic carbocycles. The number of hydrogen-bond acceptors (Lipinski definition) is 4. The smallest absolute Gasteiger partial charge is 0.398 e. The summed E-state index contributed by atoms with van der Waals surface area (Å²) >= 11 is 12.1. The lowest BCUT2D eigenvalue weighted by Gasteiger charge is -2.21. The molecule has 0 aliphatic heterocycles. The fraction of sp³-hybridized carbons (Fsp3) is 0.194. The topological polar surface area (TPSA) is 97.1 Å².